The Morgan fingerprint density at radius 2 is 1.79 bits per heavy atom. The highest BCUT2D eigenvalue weighted by molar-refractivity contribution is 6.04. The van der Waals surface area contributed by atoms with Crippen LogP contribution < -0.4 is 10.1 Å². The van der Waals surface area contributed by atoms with E-state index in [2.05, 4.69) is 30.4 Å². The van der Waals surface area contributed by atoms with Crippen molar-refractivity contribution in [1.82, 2.24) is 0 Å². The van der Waals surface area contributed by atoms with E-state index in [1.807, 2.05) is 42.5 Å². The molecule has 146 valence electrons. The molecule has 1 heterocycles. The summed E-state index contributed by atoms with van der Waals surface area (Å²) in [6, 6.07) is 21.4. The van der Waals surface area contributed by atoms with Crippen molar-refractivity contribution >= 4 is 17.7 Å². The number of anilines is 1. The van der Waals surface area contributed by atoms with Gasteiger partial charge in [0.15, 0.2) is 0 Å². The van der Waals surface area contributed by atoms with E-state index in [4.69, 9.17) is 4.74 Å². The van der Waals surface area contributed by atoms with Crippen LogP contribution in [0.5, 0.6) is 5.75 Å². The van der Waals surface area contributed by atoms with Gasteiger partial charge in [-0.2, -0.15) is 0 Å². The topological polar surface area (TPSA) is 38.3 Å². The number of halogens is 1. The Balaban J connectivity index is 1.44. The van der Waals surface area contributed by atoms with Crippen LogP contribution in [0.4, 0.5) is 10.1 Å². The number of benzene rings is 3. The van der Waals surface area contributed by atoms with Gasteiger partial charge in [0.05, 0.1) is 0 Å². The quantitative estimate of drug-likeness (QED) is 0.594. The molecule has 3 aromatic rings. The van der Waals surface area contributed by atoms with Crippen molar-refractivity contribution in [1.29, 1.82) is 0 Å². The molecule has 0 aliphatic carbocycles. The van der Waals surface area contributed by atoms with Gasteiger partial charge in [0, 0.05) is 16.8 Å². The summed E-state index contributed by atoms with van der Waals surface area (Å²) in [5, 5.41) is 2.84. The first-order valence-electron chi connectivity index (χ1n) is 9.64. The second kappa shape index (κ2) is 7.92. The largest absolute Gasteiger partial charge is 0.483 e. The molecule has 29 heavy (non-hydrogen) atoms. The highest BCUT2D eigenvalue weighted by Crippen LogP contribution is 2.35. The molecule has 3 aromatic carbocycles. The fourth-order valence-corrected chi connectivity index (χ4v) is 3.38. The minimum atomic E-state index is -0.373. The minimum absolute atomic E-state index is 0.279. The highest BCUT2D eigenvalue weighted by atomic mass is 19.1. The fraction of sp³-hybridized carbons (Fsp3) is 0.160. The predicted octanol–water partition coefficient (Wildman–Crippen LogP) is 5.88. The SMILES string of the molecule is CC1(CCc2ccccc2)C=Cc2cc(NC(=O)c3ccc(F)cc3)ccc2O1. The molecule has 1 aliphatic rings. The van der Waals surface area contributed by atoms with Gasteiger partial charge in [0.25, 0.3) is 5.91 Å². The van der Waals surface area contributed by atoms with Gasteiger partial charge < -0.3 is 10.1 Å². The molecule has 1 unspecified atom stereocenters. The molecule has 3 nitrogen and oxygen atoms in total. The lowest BCUT2D eigenvalue weighted by Gasteiger charge is -2.32. The molecule has 1 amide bonds. The van der Waals surface area contributed by atoms with Crippen molar-refractivity contribution < 1.29 is 13.9 Å². The lowest BCUT2D eigenvalue weighted by molar-refractivity contribution is 0.102. The highest BCUT2D eigenvalue weighted by Gasteiger charge is 2.27. The molecule has 1 N–H and O–H groups in total. The van der Waals surface area contributed by atoms with Crippen molar-refractivity contribution in [3.63, 3.8) is 0 Å². The first-order chi connectivity index (χ1) is 14.0. The van der Waals surface area contributed by atoms with E-state index in [1.165, 1.54) is 29.8 Å². The van der Waals surface area contributed by atoms with Crippen LogP contribution in [0.2, 0.25) is 0 Å². The van der Waals surface area contributed by atoms with E-state index >= 15 is 0 Å². The molecule has 1 aliphatic heterocycles. The van der Waals surface area contributed by atoms with Crippen LogP contribution in [0.25, 0.3) is 6.08 Å². The number of hydrogen-bond donors (Lipinski definition) is 1. The molecule has 0 saturated carbocycles. The van der Waals surface area contributed by atoms with E-state index in [1.54, 1.807) is 0 Å². The van der Waals surface area contributed by atoms with Crippen LogP contribution in [0, 0.1) is 5.82 Å². The van der Waals surface area contributed by atoms with Crippen LogP contribution in [0.3, 0.4) is 0 Å². The summed E-state index contributed by atoms with van der Waals surface area (Å²) in [5.41, 5.74) is 2.90. The summed E-state index contributed by atoms with van der Waals surface area (Å²) in [5.74, 6) is 0.147. The average Bonchev–Trinajstić information content (AvgIpc) is 2.74. The third-order valence-corrected chi connectivity index (χ3v) is 5.09. The van der Waals surface area contributed by atoms with Crippen molar-refractivity contribution in [2.24, 2.45) is 0 Å². The summed E-state index contributed by atoms with van der Waals surface area (Å²) in [4.78, 5) is 12.3. The van der Waals surface area contributed by atoms with Gasteiger partial charge in [-0.1, -0.05) is 36.4 Å². The van der Waals surface area contributed by atoms with Gasteiger partial charge in [-0.15, -0.1) is 0 Å². The number of carbonyl (C=O) groups is 1. The van der Waals surface area contributed by atoms with Crippen molar-refractivity contribution in [3.05, 3.63) is 101 Å². The molecule has 0 bridgehead atoms. The lowest BCUT2D eigenvalue weighted by atomic mass is 9.93. The van der Waals surface area contributed by atoms with E-state index < -0.39 is 0 Å². The van der Waals surface area contributed by atoms with Gasteiger partial charge in [-0.25, -0.2) is 4.39 Å². The number of aryl methyl sites for hydroxylation is 1. The Bertz CT molecular complexity index is 1040. The zero-order valence-electron chi connectivity index (χ0n) is 16.2. The summed E-state index contributed by atoms with van der Waals surface area (Å²) in [6.07, 6.45) is 5.92. The molecule has 0 aromatic heterocycles. The van der Waals surface area contributed by atoms with E-state index in [0.717, 1.165) is 24.2 Å². The van der Waals surface area contributed by atoms with Crippen LogP contribution >= 0.6 is 0 Å². The van der Waals surface area contributed by atoms with Gasteiger partial charge in [0.2, 0.25) is 0 Å². The smallest absolute Gasteiger partial charge is 0.255 e. The molecule has 1 atom stereocenters. The summed E-state index contributed by atoms with van der Waals surface area (Å²) < 4.78 is 19.3. The zero-order chi connectivity index (χ0) is 20.3. The Kier molecular flexibility index (Phi) is 5.17. The van der Waals surface area contributed by atoms with Crippen LogP contribution in [0.1, 0.15) is 34.8 Å². The van der Waals surface area contributed by atoms with Crippen LogP contribution in [0.15, 0.2) is 78.9 Å². The van der Waals surface area contributed by atoms with E-state index in [-0.39, 0.29) is 17.3 Å². The Labute approximate surface area is 169 Å². The first kappa shape index (κ1) is 18.9. The van der Waals surface area contributed by atoms with Gasteiger partial charge in [-0.05, 0) is 73.9 Å². The van der Waals surface area contributed by atoms with Crippen LogP contribution in [-0.4, -0.2) is 11.5 Å². The summed E-state index contributed by atoms with van der Waals surface area (Å²) in [7, 11) is 0. The Morgan fingerprint density at radius 1 is 1.03 bits per heavy atom. The molecule has 4 heteroatoms. The summed E-state index contributed by atoms with van der Waals surface area (Å²) in [6.45, 7) is 2.08. The third-order valence-electron chi connectivity index (χ3n) is 5.09. The molecule has 4 rings (SSSR count). The van der Waals surface area contributed by atoms with E-state index in [0.29, 0.717) is 11.3 Å². The fourth-order valence-electron chi connectivity index (χ4n) is 3.38. The Hall–Kier alpha value is -3.40. The molecular formula is C25H22FNO2. The molecule has 0 radical (unpaired) electrons. The molecular weight excluding hydrogens is 365 g/mol. The monoisotopic (exact) mass is 387 g/mol. The number of ether oxygens (including phenoxy) is 1. The maximum Gasteiger partial charge on any atom is 0.255 e. The predicted molar refractivity (Wildman–Crippen MR) is 114 cm³/mol. The number of rotatable bonds is 5. The second-order valence-electron chi connectivity index (χ2n) is 7.45. The average molecular weight is 387 g/mol. The first-order valence-corrected chi connectivity index (χ1v) is 9.64. The Morgan fingerprint density at radius 3 is 2.55 bits per heavy atom. The normalized spacial score (nSPS) is 17.3. The number of amides is 1. The standard InChI is InChI=1S/C25H22FNO2/c1-25(15-13-18-5-3-2-4-6-18)16-14-20-17-22(11-12-23(20)29-25)27-24(28)19-7-9-21(26)10-8-19/h2-12,14,16-17H,13,15H2,1H3,(H,27,28). The molecule has 0 saturated heterocycles. The maximum absolute atomic E-state index is 13.0. The third kappa shape index (κ3) is 4.54. The molecule has 0 spiro atoms. The second-order valence-corrected chi connectivity index (χ2v) is 7.45. The lowest BCUT2D eigenvalue weighted by Crippen LogP contribution is -2.32. The zero-order valence-corrected chi connectivity index (χ0v) is 16.2. The van der Waals surface area contributed by atoms with E-state index in [9.17, 15) is 9.18 Å². The van der Waals surface area contributed by atoms with Crippen molar-refractivity contribution in [2.75, 3.05) is 5.32 Å². The number of fused-ring (bicyclic) bond motifs is 1. The summed E-state index contributed by atoms with van der Waals surface area (Å²) >= 11 is 0. The van der Waals surface area contributed by atoms with Crippen molar-refractivity contribution in [2.45, 2.75) is 25.4 Å². The number of hydrogen-bond acceptors (Lipinski definition) is 2. The molecule has 0 fully saturated rings. The maximum atomic E-state index is 13.0. The van der Waals surface area contributed by atoms with Crippen LogP contribution in [-0.2, 0) is 6.42 Å². The van der Waals surface area contributed by atoms with Gasteiger partial charge in [0.1, 0.15) is 17.2 Å². The number of carbonyl (C=O) groups excluding carboxylic acids is 1. The van der Waals surface area contributed by atoms with Gasteiger partial charge >= 0.3 is 0 Å². The van der Waals surface area contributed by atoms with Gasteiger partial charge in [-0.3, -0.25) is 4.79 Å². The number of nitrogens with one attached hydrogen (secondary N) is 1. The minimum Gasteiger partial charge on any atom is -0.483 e. The van der Waals surface area contributed by atoms with Crippen molar-refractivity contribution in [3.8, 4) is 5.75 Å².